The molecule has 0 radical (unpaired) electrons. The van der Waals surface area contributed by atoms with Crippen LogP contribution in [-0.4, -0.2) is 63.3 Å². The minimum absolute atomic E-state index is 0.0434. The number of aromatic amines is 1. The van der Waals surface area contributed by atoms with E-state index in [9.17, 15) is 22.8 Å². The highest BCUT2D eigenvalue weighted by molar-refractivity contribution is 6.11. The number of amides is 2. The van der Waals surface area contributed by atoms with Gasteiger partial charge in [-0.25, -0.2) is 4.98 Å². The van der Waals surface area contributed by atoms with Gasteiger partial charge in [-0.15, -0.1) is 0 Å². The van der Waals surface area contributed by atoms with E-state index in [4.69, 9.17) is 4.74 Å². The normalized spacial score (nSPS) is 25.9. The Hall–Kier alpha value is -3.63. The molecule has 4 heterocycles. The molecule has 0 bridgehead atoms. The number of pyridine rings is 1. The molecule has 3 aliphatic rings. The molecule has 6 rings (SSSR count). The molecular weight excluding hydrogens is 463 g/mol. The summed E-state index contributed by atoms with van der Waals surface area (Å²) in [7, 11) is 0. The van der Waals surface area contributed by atoms with Crippen molar-refractivity contribution in [3.63, 3.8) is 0 Å². The smallest absolute Gasteiger partial charge is 0.408 e. The molecule has 1 unspecified atom stereocenters. The molecule has 2 aliphatic heterocycles. The zero-order valence-corrected chi connectivity index (χ0v) is 18.6. The number of H-pyrrole nitrogens is 1. The quantitative estimate of drug-likeness (QED) is 0.612. The number of nitrogens with zero attached hydrogens (tertiary/aromatic N) is 4. The zero-order valence-electron chi connectivity index (χ0n) is 18.6. The van der Waals surface area contributed by atoms with Crippen molar-refractivity contribution in [2.45, 2.75) is 49.4 Å². The molecule has 35 heavy (non-hydrogen) atoms. The first kappa shape index (κ1) is 21.9. The minimum atomic E-state index is -4.48. The van der Waals surface area contributed by atoms with Crippen LogP contribution in [0.15, 0.2) is 42.6 Å². The highest BCUT2D eigenvalue weighted by Crippen LogP contribution is 2.54. The van der Waals surface area contributed by atoms with E-state index in [1.54, 1.807) is 24.4 Å². The third-order valence-corrected chi connectivity index (χ3v) is 7.32. The van der Waals surface area contributed by atoms with Crippen molar-refractivity contribution in [2.75, 3.05) is 18.0 Å². The maximum atomic E-state index is 13.6. The molecule has 182 valence electrons. The van der Waals surface area contributed by atoms with E-state index in [-0.39, 0.29) is 25.0 Å². The Kier molecular flexibility index (Phi) is 4.81. The average Bonchev–Trinajstić information content (AvgIpc) is 3.52. The zero-order chi connectivity index (χ0) is 24.4. The summed E-state index contributed by atoms with van der Waals surface area (Å²) in [5.41, 5.74) is 1.96. The van der Waals surface area contributed by atoms with Crippen molar-refractivity contribution in [2.24, 2.45) is 0 Å². The molecule has 11 heteroatoms. The summed E-state index contributed by atoms with van der Waals surface area (Å²) in [5, 5.41) is 6.76. The van der Waals surface area contributed by atoms with E-state index in [1.165, 1.54) is 4.90 Å². The van der Waals surface area contributed by atoms with Gasteiger partial charge in [0.05, 0.1) is 17.1 Å². The fourth-order valence-electron chi connectivity index (χ4n) is 5.63. The Morgan fingerprint density at radius 3 is 2.80 bits per heavy atom. The van der Waals surface area contributed by atoms with Crippen molar-refractivity contribution in [3.8, 4) is 5.88 Å². The number of nitrogens with one attached hydrogen (secondary N) is 1. The molecule has 1 aliphatic carbocycles. The van der Waals surface area contributed by atoms with E-state index in [2.05, 4.69) is 15.2 Å². The molecule has 1 saturated heterocycles. The highest BCUT2D eigenvalue weighted by Gasteiger charge is 2.60. The monoisotopic (exact) mass is 485 g/mol. The first-order valence-corrected chi connectivity index (χ1v) is 11.5. The number of hydrogen-bond donors (Lipinski definition) is 1. The minimum Gasteiger partial charge on any atom is -0.474 e. The Morgan fingerprint density at radius 2 is 2.00 bits per heavy atom. The number of benzene rings is 1. The van der Waals surface area contributed by atoms with Crippen LogP contribution < -0.4 is 9.64 Å². The van der Waals surface area contributed by atoms with Crippen LogP contribution in [0.4, 0.5) is 18.9 Å². The van der Waals surface area contributed by atoms with Gasteiger partial charge in [-0.05, 0) is 30.5 Å². The lowest BCUT2D eigenvalue weighted by molar-refractivity contribution is -0.182. The molecule has 1 saturated carbocycles. The van der Waals surface area contributed by atoms with E-state index in [0.717, 1.165) is 16.0 Å². The van der Waals surface area contributed by atoms with Crippen molar-refractivity contribution in [3.05, 3.63) is 48.2 Å². The summed E-state index contributed by atoms with van der Waals surface area (Å²) in [6, 6.07) is 8.92. The van der Waals surface area contributed by atoms with Crippen LogP contribution >= 0.6 is 0 Å². The van der Waals surface area contributed by atoms with Crippen LogP contribution in [0.25, 0.3) is 11.0 Å². The summed E-state index contributed by atoms with van der Waals surface area (Å²) in [6.45, 7) is -0.365. The van der Waals surface area contributed by atoms with Crippen LogP contribution in [-0.2, 0) is 15.0 Å². The Morgan fingerprint density at radius 1 is 1.20 bits per heavy atom. The number of ether oxygens (including phenoxy) is 1. The number of likely N-dealkylation sites (tertiary alicyclic amines) is 1. The maximum absolute atomic E-state index is 13.6. The van der Waals surface area contributed by atoms with Crippen molar-refractivity contribution >= 4 is 28.5 Å². The van der Waals surface area contributed by atoms with Crippen LogP contribution in [0, 0.1) is 0 Å². The molecule has 1 N–H and O–H groups in total. The number of hydrogen-bond acceptors (Lipinski definition) is 5. The van der Waals surface area contributed by atoms with Gasteiger partial charge in [0, 0.05) is 31.1 Å². The molecular formula is C24H22F3N5O3. The summed E-state index contributed by atoms with van der Waals surface area (Å²) in [6.07, 6.45) is -2.16. The molecule has 1 spiro atoms. The number of alkyl halides is 3. The SMILES string of the molecule is O=C(CN1C(=O)C2(CC(Oc3ccc4[nH]ncc4n3)C2)c2ccccc21)N1CCCC1C(F)(F)F. The Bertz CT molecular complexity index is 1320. The van der Waals surface area contributed by atoms with E-state index < -0.39 is 30.1 Å². The molecule has 2 fully saturated rings. The van der Waals surface area contributed by atoms with Crippen molar-refractivity contribution in [1.82, 2.24) is 20.1 Å². The van der Waals surface area contributed by atoms with Gasteiger partial charge < -0.3 is 14.5 Å². The highest BCUT2D eigenvalue weighted by atomic mass is 19.4. The molecule has 1 aromatic carbocycles. The summed E-state index contributed by atoms with van der Waals surface area (Å²) in [5.74, 6) is -0.528. The molecule has 8 nitrogen and oxygen atoms in total. The van der Waals surface area contributed by atoms with Crippen molar-refractivity contribution in [1.29, 1.82) is 0 Å². The third kappa shape index (κ3) is 3.43. The topological polar surface area (TPSA) is 91.4 Å². The number of halogens is 3. The van der Waals surface area contributed by atoms with E-state index >= 15 is 0 Å². The summed E-state index contributed by atoms with van der Waals surface area (Å²) < 4.78 is 46.1. The van der Waals surface area contributed by atoms with Crippen LogP contribution in [0.5, 0.6) is 5.88 Å². The second-order valence-corrected chi connectivity index (χ2v) is 9.38. The second-order valence-electron chi connectivity index (χ2n) is 9.38. The van der Waals surface area contributed by atoms with Gasteiger partial charge in [-0.3, -0.25) is 14.7 Å². The lowest BCUT2D eigenvalue weighted by atomic mass is 9.63. The standard InChI is InChI=1S/C24H22F3N5O3/c25-24(26,27)19-6-3-9-31(19)21(33)13-32-18-5-2-1-4-15(18)23(22(32)34)10-14(11-23)35-20-8-7-16-17(29-20)12-28-30-16/h1-2,4-5,7-8,12,14,19H,3,6,9-11,13H2,(H,28,30). The lowest BCUT2D eigenvalue weighted by Gasteiger charge is -2.43. The van der Waals surface area contributed by atoms with Crippen LogP contribution in [0.2, 0.25) is 0 Å². The largest absolute Gasteiger partial charge is 0.474 e. The Labute approximate surface area is 198 Å². The van der Waals surface area contributed by atoms with Gasteiger partial charge in [-0.1, -0.05) is 18.2 Å². The average molecular weight is 485 g/mol. The molecule has 2 amide bonds. The fraction of sp³-hybridized carbons (Fsp3) is 0.417. The number of para-hydroxylation sites is 1. The predicted octanol–water partition coefficient (Wildman–Crippen LogP) is 3.34. The van der Waals surface area contributed by atoms with Gasteiger partial charge in [0.25, 0.3) is 0 Å². The lowest BCUT2D eigenvalue weighted by Crippen LogP contribution is -2.55. The first-order chi connectivity index (χ1) is 16.8. The number of carbonyl (C=O) groups is 2. The van der Waals surface area contributed by atoms with Gasteiger partial charge >= 0.3 is 6.18 Å². The van der Waals surface area contributed by atoms with E-state index in [1.807, 2.05) is 18.2 Å². The molecule has 1 atom stereocenters. The van der Waals surface area contributed by atoms with Gasteiger partial charge in [0.1, 0.15) is 24.2 Å². The maximum Gasteiger partial charge on any atom is 0.408 e. The van der Waals surface area contributed by atoms with Gasteiger partial charge in [0.15, 0.2) is 0 Å². The molecule has 2 aromatic heterocycles. The van der Waals surface area contributed by atoms with Crippen LogP contribution in [0.3, 0.4) is 0 Å². The predicted molar refractivity (Wildman–Crippen MR) is 119 cm³/mol. The van der Waals surface area contributed by atoms with Crippen LogP contribution in [0.1, 0.15) is 31.2 Å². The van der Waals surface area contributed by atoms with Crippen molar-refractivity contribution < 1.29 is 27.5 Å². The summed E-state index contributed by atoms with van der Waals surface area (Å²) in [4.78, 5) is 33.1. The first-order valence-electron chi connectivity index (χ1n) is 11.5. The van der Waals surface area contributed by atoms with Gasteiger partial charge in [-0.2, -0.15) is 18.3 Å². The number of aromatic nitrogens is 3. The van der Waals surface area contributed by atoms with E-state index in [0.29, 0.717) is 36.3 Å². The Balaban J connectivity index is 1.20. The number of anilines is 1. The van der Waals surface area contributed by atoms with Gasteiger partial charge in [0.2, 0.25) is 17.7 Å². The number of rotatable bonds is 4. The fourth-order valence-corrected chi connectivity index (χ4v) is 5.63. The molecule has 3 aromatic rings. The second kappa shape index (κ2) is 7.69. The number of fused-ring (bicyclic) bond motifs is 3. The summed E-state index contributed by atoms with van der Waals surface area (Å²) >= 11 is 0. The number of carbonyl (C=O) groups excluding carboxylic acids is 2. The third-order valence-electron chi connectivity index (χ3n) is 7.32.